The third-order valence-electron chi connectivity index (χ3n) is 2.58. The lowest BCUT2D eigenvalue weighted by Crippen LogP contribution is -2.33. The summed E-state index contributed by atoms with van der Waals surface area (Å²) in [4.78, 5) is 22.7. The number of alkyl halides is 1. The standard InChI is InChI=1S/C11H10BrNO3/c1-11(9(14)13-10(15)16-11)8-4-2-3-7(5-8)6-12/h2-5H,6H2,1H3,(H,13,14,15)/t11-/m1/s1. The molecule has 0 aromatic heterocycles. The van der Waals surface area contributed by atoms with Crippen molar-refractivity contribution in [2.45, 2.75) is 17.9 Å². The van der Waals surface area contributed by atoms with Crippen molar-refractivity contribution in [2.75, 3.05) is 0 Å². The minimum atomic E-state index is -1.21. The highest BCUT2D eigenvalue weighted by Crippen LogP contribution is 2.30. The van der Waals surface area contributed by atoms with E-state index in [2.05, 4.69) is 21.2 Å². The quantitative estimate of drug-likeness (QED) is 0.846. The first-order valence-corrected chi connectivity index (χ1v) is 5.88. The first kappa shape index (κ1) is 11.1. The Labute approximate surface area is 101 Å². The summed E-state index contributed by atoms with van der Waals surface area (Å²) in [6.07, 6.45) is -0.697. The number of halogens is 1. The zero-order chi connectivity index (χ0) is 11.8. The molecule has 1 N–H and O–H groups in total. The van der Waals surface area contributed by atoms with E-state index in [4.69, 9.17) is 4.74 Å². The SMILES string of the molecule is C[C@]1(c2cccc(CBr)c2)OC(=O)NC1=O. The van der Waals surface area contributed by atoms with Crippen LogP contribution in [0.1, 0.15) is 18.1 Å². The molecule has 1 aromatic carbocycles. The molecule has 1 atom stereocenters. The van der Waals surface area contributed by atoms with Crippen LogP contribution in [0.4, 0.5) is 4.79 Å². The average Bonchev–Trinajstić information content (AvgIpc) is 2.54. The van der Waals surface area contributed by atoms with E-state index < -0.39 is 17.6 Å². The van der Waals surface area contributed by atoms with Crippen LogP contribution in [-0.4, -0.2) is 12.0 Å². The summed E-state index contributed by atoms with van der Waals surface area (Å²) >= 11 is 3.34. The molecule has 0 bridgehead atoms. The second-order valence-corrected chi connectivity index (χ2v) is 4.27. The van der Waals surface area contributed by atoms with Gasteiger partial charge in [-0.3, -0.25) is 10.1 Å². The van der Waals surface area contributed by atoms with Crippen molar-refractivity contribution in [3.63, 3.8) is 0 Å². The number of amides is 2. The van der Waals surface area contributed by atoms with Crippen LogP contribution in [0.2, 0.25) is 0 Å². The minimum absolute atomic E-state index is 0.427. The zero-order valence-corrected chi connectivity index (χ0v) is 10.2. The Kier molecular flexibility index (Phi) is 2.71. The Bertz CT molecular complexity index is 460. The number of benzene rings is 1. The molecule has 0 saturated carbocycles. The van der Waals surface area contributed by atoms with Crippen LogP contribution in [0, 0.1) is 0 Å². The molecular formula is C11H10BrNO3. The van der Waals surface area contributed by atoms with Gasteiger partial charge in [-0.2, -0.15) is 0 Å². The summed E-state index contributed by atoms with van der Waals surface area (Å²) in [6, 6.07) is 7.37. The van der Waals surface area contributed by atoms with E-state index in [0.29, 0.717) is 10.9 Å². The van der Waals surface area contributed by atoms with Crippen molar-refractivity contribution < 1.29 is 14.3 Å². The van der Waals surface area contributed by atoms with Gasteiger partial charge in [-0.05, 0) is 12.5 Å². The van der Waals surface area contributed by atoms with Gasteiger partial charge in [0.25, 0.3) is 5.91 Å². The summed E-state index contributed by atoms with van der Waals surface area (Å²) in [6.45, 7) is 1.58. The van der Waals surface area contributed by atoms with Gasteiger partial charge < -0.3 is 4.74 Å². The third kappa shape index (κ3) is 1.71. The van der Waals surface area contributed by atoms with Crippen molar-refractivity contribution in [3.8, 4) is 0 Å². The summed E-state index contributed by atoms with van der Waals surface area (Å²) in [5.41, 5.74) is 0.484. The molecule has 1 saturated heterocycles. The molecule has 1 fully saturated rings. The first-order valence-electron chi connectivity index (χ1n) is 4.76. The van der Waals surface area contributed by atoms with Gasteiger partial charge in [-0.15, -0.1) is 0 Å². The number of cyclic esters (lactones) is 1. The predicted molar refractivity (Wildman–Crippen MR) is 61.0 cm³/mol. The molecule has 0 radical (unpaired) electrons. The Morgan fingerprint density at radius 2 is 2.19 bits per heavy atom. The molecule has 5 heteroatoms. The summed E-state index contributed by atoms with van der Waals surface area (Å²) in [5, 5.41) is 2.82. The molecule has 16 heavy (non-hydrogen) atoms. The fourth-order valence-corrected chi connectivity index (χ4v) is 1.96. The number of ether oxygens (including phenoxy) is 1. The van der Waals surface area contributed by atoms with Crippen LogP contribution in [0.5, 0.6) is 0 Å². The predicted octanol–water partition coefficient (Wildman–Crippen LogP) is 2.06. The Morgan fingerprint density at radius 1 is 1.44 bits per heavy atom. The number of nitrogens with one attached hydrogen (secondary N) is 1. The van der Waals surface area contributed by atoms with E-state index >= 15 is 0 Å². The second-order valence-electron chi connectivity index (χ2n) is 3.71. The lowest BCUT2D eigenvalue weighted by atomic mass is 9.94. The second kappa shape index (κ2) is 3.90. The Morgan fingerprint density at radius 3 is 2.75 bits per heavy atom. The molecule has 2 rings (SSSR count). The molecule has 0 aliphatic carbocycles. The molecule has 1 aromatic rings. The lowest BCUT2D eigenvalue weighted by Gasteiger charge is -2.19. The maximum atomic E-state index is 11.6. The highest BCUT2D eigenvalue weighted by atomic mass is 79.9. The number of carbonyl (C=O) groups excluding carboxylic acids is 2. The van der Waals surface area contributed by atoms with Gasteiger partial charge in [-0.25, -0.2) is 4.79 Å². The first-order chi connectivity index (χ1) is 7.56. The Balaban J connectivity index is 2.43. The molecule has 1 aliphatic heterocycles. The third-order valence-corrected chi connectivity index (χ3v) is 3.23. The van der Waals surface area contributed by atoms with E-state index in [0.717, 1.165) is 5.56 Å². The van der Waals surface area contributed by atoms with Crippen molar-refractivity contribution in [2.24, 2.45) is 0 Å². The van der Waals surface area contributed by atoms with Gasteiger partial charge in [0.1, 0.15) is 0 Å². The van der Waals surface area contributed by atoms with Crippen molar-refractivity contribution in [1.82, 2.24) is 5.32 Å². The van der Waals surface area contributed by atoms with E-state index in [9.17, 15) is 9.59 Å². The smallest absolute Gasteiger partial charge is 0.415 e. The van der Waals surface area contributed by atoms with Gasteiger partial charge in [-0.1, -0.05) is 40.2 Å². The van der Waals surface area contributed by atoms with Crippen LogP contribution < -0.4 is 5.32 Å². The number of rotatable bonds is 2. The number of hydrogen-bond acceptors (Lipinski definition) is 3. The van der Waals surface area contributed by atoms with Crippen molar-refractivity contribution >= 4 is 27.9 Å². The van der Waals surface area contributed by atoms with E-state index in [1.54, 1.807) is 13.0 Å². The number of imide groups is 1. The topological polar surface area (TPSA) is 55.4 Å². The average molecular weight is 284 g/mol. The largest absolute Gasteiger partial charge is 0.428 e. The van der Waals surface area contributed by atoms with Crippen molar-refractivity contribution in [1.29, 1.82) is 0 Å². The van der Waals surface area contributed by atoms with Gasteiger partial charge in [0.05, 0.1) is 0 Å². The molecule has 2 amide bonds. The molecule has 0 unspecified atom stereocenters. The Hall–Kier alpha value is -1.36. The highest BCUT2D eigenvalue weighted by molar-refractivity contribution is 9.08. The molecule has 4 nitrogen and oxygen atoms in total. The lowest BCUT2D eigenvalue weighted by molar-refractivity contribution is -0.130. The van der Waals surface area contributed by atoms with Crippen LogP contribution in [0.3, 0.4) is 0 Å². The molecule has 0 spiro atoms. The molecular weight excluding hydrogens is 274 g/mol. The summed E-state index contributed by atoms with van der Waals surface area (Å²) in [7, 11) is 0. The summed E-state index contributed by atoms with van der Waals surface area (Å²) in [5.74, 6) is -0.427. The number of carbonyl (C=O) groups is 2. The van der Waals surface area contributed by atoms with E-state index in [-0.39, 0.29) is 0 Å². The summed E-state index contributed by atoms with van der Waals surface area (Å²) < 4.78 is 5.03. The minimum Gasteiger partial charge on any atom is -0.428 e. The maximum Gasteiger partial charge on any atom is 0.415 e. The molecule has 1 heterocycles. The van der Waals surface area contributed by atoms with Gasteiger partial charge in [0, 0.05) is 10.9 Å². The normalized spacial score (nSPS) is 24.1. The van der Waals surface area contributed by atoms with Gasteiger partial charge in [0.2, 0.25) is 5.60 Å². The van der Waals surface area contributed by atoms with Crippen LogP contribution in [-0.2, 0) is 20.5 Å². The highest BCUT2D eigenvalue weighted by Gasteiger charge is 2.46. The van der Waals surface area contributed by atoms with Crippen LogP contribution in [0.15, 0.2) is 24.3 Å². The van der Waals surface area contributed by atoms with Crippen LogP contribution >= 0.6 is 15.9 Å². The monoisotopic (exact) mass is 283 g/mol. The van der Waals surface area contributed by atoms with Crippen molar-refractivity contribution in [3.05, 3.63) is 35.4 Å². The van der Waals surface area contributed by atoms with E-state index in [1.165, 1.54) is 0 Å². The van der Waals surface area contributed by atoms with Gasteiger partial charge >= 0.3 is 6.09 Å². The number of hydrogen-bond donors (Lipinski definition) is 1. The number of alkyl carbamates (subject to hydrolysis) is 1. The fourth-order valence-electron chi connectivity index (χ4n) is 1.61. The van der Waals surface area contributed by atoms with Gasteiger partial charge in [0.15, 0.2) is 0 Å². The fraction of sp³-hybridized carbons (Fsp3) is 0.273. The molecule has 1 aliphatic rings. The van der Waals surface area contributed by atoms with E-state index in [1.807, 2.05) is 18.2 Å². The molecule has 84 valence electrons. The maximum absolute atomic E-state index is 11.6. The van der Waals surface area contributed by atoms with Crippen LogP contribution in [0.25, 0.3) is 0 Å². The zero-order valence-electron chi connectivity index (χ0n) is 8.62.